The van der Waals surface area contributed by atoms with Gasteiger partial charge >= 0.3 is 0 Å². The van der Waals surface area contributed by atoms with Crippen molar-refractivity contribution >= 4 is 23.4 Å². The molecule has 17 heavy (non-hydrogen) atoms. The Morgan fingerprint density at radius 1 is 1.41 bits per heavy atom. The molecule has 2 aliphatic heterocycles. The number of amides is 1. The molecule has 0 radical (unpaired) electrons. The van der Waals surface area contributed by atoms with E-state index in [4.69, 9.17) is 0 Å². The predicted octanol–water partition coefficient (Wildman–Crippen LogP) is 1.89. The Balaban J connectivity index is 1.76. The summed E-state index contributed by atoms with van der Waals surface area (Å²) in [6.07, 6.45) is 0. The molecule has 1 fully saturated rings. The maximum absolute atomic E-state index is 12.8. The molecule has 3 nitrogen and oxygen atoms in total. The summed E-state index contributed by atoms with van der Waals surface area (Å²) in [5.41, 5.74) is 1.89. The average Bonchev–Trinajstić information content (AvgIpc) is 2.87. The third-order valence-electron chi connectivity index (χ3n) is 2.98. The number of carbonyl (C=O) groups is 1. The highest BCUT2D eigenvalue weighted by Crippen LogP contribution is 2.29. The number of hydrogen-bond donors (Lipinski definition) is 0. The van der Waals surface area contributed by atoms with Gasteiger partial charge in [0.2, 0.25) is 0 Å². The molecule has 3 rings (SSSR count). The molecular formula is C12H11FN2OS. The summed E-state index contributed by atoms with van der Waals surface area (Å²) in [4.78, 5) is 12.0. The zero-order valence-electron chi connectivity index (χ0n) is 9.10. The van der Waals surface area contributed by atoms with Gasteiger partial charge in [-0.25, -0.2) is 9.40 Å². The number of thioether (sulfide) groups is 1. The Labute approximate surface area is 103 Å². The summed E-state index contributed by atoms with van der Waals surface area (Å²) in [5, 5.41) is 5.84. The Bertz CT molecular complexity index is 486. The first-order valence-electron chi connectivity index (χ1n) is 5.45. The van der Waals surface area contributed by atoms with Crippen molar-refractivity contribution in [3.8, 4) is 0 Å². The van der Waals surface area contributed by atoms with Crippen molar-refractivity contribution in [2.24, 2.45) is 11.0 Å². The Morgan fingerprint density at radius 3 is 2.88 bits per heavy atom. The third kappa shape index (κ3) is 1.95. The van der Waals surface area contributed by atoms with Crippen LogP contribution in [0.1, 0.15) is 5.56 Å². The highest BCUT2D eigenvalue weighted by molar-refractivity contribution is 8.00. The highest BCUT2D eigenvalue weighted by Gasteiger charge is 2.38. The van der Waals surface area contributed by atoms with Gasteiger partial charge in [0.1, 0.15) is 5.82 Å². The van der Waals surface area contributed by atoms with Crippen LogP contribution < -0.4 is 0 Å². The van der Waals surface area contributed by atoms with Crippen molar-refractivity contribution in [3.63, 3.8) is 0 Å². The second kappa shape index (κ2) is 4.14. The van der Waals surface area contributed by atoms with Gasteiger partial charge in [-0.1, -0.05) is 12.1 Å². The number of hydrogen-bond acceptors (Lipinski definition) is 3. The van der Waals surface area contributed by atoms with Gasteiger partial charge in [0.05, 0.1) is 18.2 Å². The predicted molar refractivity (Wildman–Crippen MR) is 65.2 cm³/mol. The number of carbonyl (C=O) groups excluding carboxylic acids is 1. The summed E-state index contributed by atoms with van der Waals surface area (Å²) in [6.45, 7) is 0.434. The van der Waals surface area contributed by atoms with Crippen molar-refractivity contribution in [2.75, 3.05) is 11.5 Å². The van der Waals surface area contributed by atoms with E-state index in [0.29, 0.717) is 6.54 Å². The minimum absolute atomic E-state index is 0.0135. The second-order valence-electron chi connectivity index (χ2n) is 4.18. The van der Waals surface area contributed by atoms with Gasteiger partial charge in [0, 0.05) is 11.5 Å². The Kier molecular flexibility index (Phi) is 2.63. The van der Waals surface area contributed by atoms with Crippen LogP contribution in [0.15, 0.2) is 29.4 Å². The first kappa shape index (κ1) is 10.8. The zero-order valence-corrected chi connectivity index (χ0v) is 9.91. The minimum atomic E-state index is -0.263. The van der Waals surface area contributed by atoms with E-state index in [1.807, 2.05) is 0 Å². The molecule has 0 N–H and O–H groups in total. The third-order valence-corrected chi connectivity index (χ3v) is 4.05. The van der Waals surface area contributed by atoms with E-state index in [2.05, 4.69) is 5.10 Å². The topological polar surface area (TPSA) is 32.7 Å². The van der Waals surface area contributed by atoms with Gasteiger partial charge in [-0.2, -0.15) is 16.9 Å². The van der Waals surface area contributed by atoms with Crippen molar-refractivity contribution in [3.05, 3.63) is 35.6 Å². The van der Waals surface area contributed by atoms with Crippen LogP contribution >= 0.6 is 11.8 Å². The van der Waals surface area contributed by atoms with Crippen LogP contribution in [-0.4, -0.2) is 28.1 Å². The highest BCUT2D eigenvalue weighted by atomic mass is 32.2. The van der Waals surface area contributed by atoms with Crippen LogP contribution in [0.5, 0.6) is 0 Å². The van der Waals surface area contributed by atoms with Crippen molar-refractivity contribution in [1.29, 1.82) is 0 Å². The van der Waals surface area contributed by atoms with Gasteiger partial charge in [0.25, 0.3) is 5.91 Å². The van der Waals surface area contributed by atoms with Gasteiger partial charge in [-0.15, -0.1) is 0 Å². The lowest BCUT2D eigenvalue weighted by Gasteiger charge is -2.13. The molecule has 1 aromatic carbocycles. The van der Waals surface area contributed by atoms with Crippen LogP contribution in [0.4, 0.5) is 4.39 Å². The molecule has 1 atom stereocenters. The normalized spacial score (nSPS) is 22.9. The molecule has 0 aliphatic carbocycles. The van der Waals surface area contributed by atoms with E-state index in [1.54, 1.807) is 23.9 Å². The van der Waals surface area contributed by atoms with Crippen molar-refractivity contribution in [2.45, 2.75) is 6.54 Å². The standard InChI is InChI=1S/C12H11FN2OS/c13-9-3-1-8(2-4-9)5-15-12(16)10-6-17-7-11(10)14-15/h1-4,10H,5-7H2. The van der Waals surface area contributed by atoms with Crippen LogP contribution in [-0.2, 0) is 11.3 Å². The molecule has 1 amide bonds. The zero-order chi connectivity index (χ0) is 11.8. The van der Waals surface area contributed by atoms with Gasteiger partial charge < -0.3 is 0 Å². The quantitative estimate of drug-likeness (QED) is 0.803. The van der Waals surface area contributed by atoms with Gasteiger partial charge in [-0.3, -0.25) is 4.79 Å². The van der Waals surface area contributed by atoms with Gasteiger partial charge in [0.15, 0.2) is 0 Å². The first-order chi connectivity index (χ1) is 8.24. The van der Waals surface area contributed by atoms with Crippen molar-refractivity contribution in [1.82, 2.24) is 5.01 Å². The summed E-state index contributed by atoms with van der Waals surface area (Å²) in [7, 11) is 0. The maximum atomic E-state index is 12.8. The lowest BCUT2D eigenvalue weighted by Crippen LogP contribution is -2.27. The molecule has 0 aromatic heterocycles. The van der Waals surface area contributed by atoms with E-state index in [1.165, 1.54) is 17.1 Å². The number of hydrazone groups is 1. The van der Waals surface area contributed by atoms with Crippen LogP contribution in [0.2, 0.25) is 0 Å². The average molecular weight is 250 g/mol. The molecule has 2 aliphatic rings. The fraction of sp³-hybridized carbons (Fsp3) is 0.333. The molecule has 1 aromatic rings. The summed E-state index contributed by atoms with van der Waals surface area (Å²) >= 11 is 1.75. The lowest BCUT2D eigenvalue weighted by molar-refractivity contribution is -0.131. The molecule has 0 spiro atoms. The van der Waals surface area contributed by atoms with Gasteiger partial charge in [-0.05, 0) is 17.7 Å². The Hall–Kier alpha value is -1.36. The number of nitrogens with zero attached hydrogens (tertiary/aromatic N) is 2. The fourth-order valence-electron chi connectivity index (χ4n) is 2.05. The van der Waals surface area contributed by atoms with Crippen LogP contribution in [0.25, 0.3) is 0 Å². The first-order valence-corrected chi connectivity index (χ1v) is 6.60. The van der Waals surface area contributed by atoms with E-state index in [0.717, 1.165) is 22.8 Å². The van der Waals surface area contributed by atoms with Crippen molar-refractivity contribution < 1.29 is 9.18 Å². The molecule has 88 valence electrons. The van der Waals surface area contributed by atoms with E-state index in [-0.39, 0.29) is 17.6 Å². The molecule has 5 heteroatoms. The monoisotopic (exact) mass is 250 g/mol. The van der Waals surface area contributed by atoms with E-state index < -0.39 is 0 Å². The molecule has 2 heterocycles. The largest absolute Gasteiger partial charge is 0.272 e. The number of fused-ring (bicyclic) bond motifs is 1. The van der Waals surface area contributed by atoms with E-state index in [9.17, 15) is 9.18 Å². The van der Waals surface area contributed by atoms with E-state index >= 15 is 0 Å². The SMILES string of the molecule is O=C1C2CSCC2=NN1Cc1ccc(F)cc1. The molecule has 0 saturated carbocycles. The summed E-state index contributed by atoms with van der Waals surface area (Å²) in [5.74, 6) is 1.50. The number of halogens is 1. The summed E-state index contributed by atoms with van der Waals surface area (Å²) in [6, 6.07) is 6.18. The van der Waals surface area contributed by atoms with Crippen LogP contribution in [0.3, 0.4) is 0 Å². The molecule has 0 bridgehead atoms. The summed E-state index contributed by atoms with van der Waals surface area (Å²) < 4.78 is 12.8. The number of rotatable bonds is 2. The minimum Gasteiger partial charge on any atom is -0.272 e. The Morgan fingerprint density at radius 2 is 2.18 bits per heavy atom. The molecular weight excluding hydrogens is 239 g/mol. The number of benzene rings is 1. The second-order valence-corrected chi connectivity index (χ2v) is 5.21. The molecule has 1 saturated heterocycles. The smallest absolute Gasteiger partial charge is 0.252 e. The fourth-order valence-corrected chi connectivity index (χ4v) is 3.21. The lowest BCUT2D eigenvalue weighted by atomic mass is 10.1. The van der Waals surface area contributed by atoms with Crippen LogP contribution in [0, 0.1) is 11.7 Å². The molecule has 1 unspecified atom stereocenters. The maximum Gasteiger partial charge on any atom is 0.252 e.